The third-order valence-corrected chi connectivity index (χ3v) is 7.02. The largest absolute Gasteiger partial charge is 0.492 e. The zero-order valence-electron chi connectivity index (χ0n) is 24.2. The summed E-state index contributed by atoms with van der Waals surface area (Å²) in [6.45, 7) is 10.2. The van der Waals surface area contributed by atoms with Crippen molar-refractivity contribution < 1.29 is 18.8 Å². The van der Waals surface area contributed by atoms with Gasteiger partial charge in [-0.15, -0.1) is 0 Å². The predicted octanol–water partition coefficient (Wildman–Crippen LogP) is 5.41. The molecule has 0 radical (unpaired) electrons. The molecule has 1 fully saturated rings. The van der Waals surface area contributed by atoms with Crippen LogP contribution in [0.15, 0.2) is 65.2 Å². The Morgan fingerprint density at radius 2 is 1.71 bits per heavy atom. The van der Waals surface area contributed by atoms with E-state index in [9.17, 15) is 9.59 Å². The van der Waals surface area contributed by atoms with Crippen LogP contribution >= 0.6 is 0 Å². The van der Waals surface area contributed by atoms with Gasteiger partial charge in [0.15, 0.2) is 11.6 Å². The van der Waals surface area contributed by atoms with Gasteiger partial charge >= 0.3 is 6.03 Å². The number of hydrogen-bond donors (Lipinski definition) is 4. The van der Waals surface area contributed by atoms with Crippen molar-refractivity contribution in [1.29, 1.82) is 0 Å². The van der Waals surface area contributed by atoms with E-state index in [2.05, 4.69) is 36.2 Å². The number of ether oxygens (including phenoxy) is 1. The van der Waals surface area contributed by atoms with Crippen LogP contribution in [0.2, 0.25) is 0 Å². The quantitative estimate of drug-likeness (QED) is 0.200. The summed E-state index contributed by atoms with van der Waals surface area (Å²) in [5.41, 5.74) is 2.89. The SMILES string of the molecule is CC(C)(C)c1cc(NC(=O)NCc2ccc(-c3cc(NC(=O)c4ccc(OCCN5CCCC5)cc4)n[nH]3)cc2)no1. The van der Waals surface area contributed by atoms with Crippen molar-refractivity contribution in [3.05, 3.63) is 77.6 Å². The number of hydrogen-bond acceptors (Lipinski definition) is 7. The van der Waals surface area contributed by atoms with Crippen LogP contribution < -0.4 is 20.7 Å². The highest BCUT2D eigenvalue weighted by molar-refractivity contribution is 6.04. The van der Waals surface area contributed by atoms with Crippen molar-refractivity contribution in [2.75, 3.05) is 36.9 Å². The first-order chi connectivity index (χ1) is 20.2. The van der Waals surface area contributed by atoms with E-state index in [1.165, 1.54) is 12.8 Å². The van der Waals surface area contributed by atoms with Crippen molar-refractivity contribution in [2.45, 2.75) is 45.6 Å². The monoisotopic (exact) mass is 571 g/mol. The Balaban J connectivity index is 1.07. The van der Waals surface area contributed by atoms with Gasteiger partial charge in [-0.3, -0.25) is 20.1 Å². The van der Waals surface area contributed by atoms with Crippen LogP contribution in [0.5, 0.6) is 5.75 Å². The molecule has 1 aliphatic rings. The minimum atomic E-state index is -0.374. The van der Waals surface area contributed by atoms with Crippen LogP contribution in [-0.4, -0.2) is 58.4 Å². The molecule has 3 heterocycles. The van der Waals surface area contributed by atoms with E-state index in [1.807, 2.05) is 57.2 Å². The summed E-state index contributed by atoms with van der Waals surface area (Å²) >= 11 is 0. The molecule has 11 nitrogen and oxygen atoms in total. The number of nitrogens with zero attached hydrogens (tertiary/aromatic N) is 3. The number of benzene rings is 2. The zero-order chi connectivity index (χ0) is 29.5. The maximum absolute atomic E-state index is 12.7. The van der Waals surface area contributed by atoms with Crippen LogP contribution in [0.4, 0.5) is 16.4 Å². The average molecular weight is 572 g/mol. The first-order valence-corrected chi connectivity index (χ1v) is 14.2. The van der Waals surface area contributed by atoms with Gasteiger partial charge in [-0.05, 0) is 61.3 Å². The summed E-state index contributed by atoms with van der Waals surface area (Å²) in [6, 6.07) is 17.9. The summed E-state index contributed by atoms with van der Waals surface area (Å²) < 4.78 is 11.1. The molecule has 11 heteroatoms. The summed E-state index contributed by atoms with van der Waals surface area (Å²) in [5.74, 6) is 1.97. The fraction of sp³-hybridized carbons (Fsp3) is 0.355. The molecule has 0 atom stereocenters. The molecule has 1 saturated heterocycles. The second-order valence-electron chi connectivity index (χ2n) is 11.4. The number of carbonyl (C=O) groups excluding carboxylic acids is 2. The molecule has 3 amide bonds. The molecule has 1 aliphatic heterocycles. The van der Waals surface area contributed by atoms with Crippen LogP contribution in [0.25, 0.3) is 11.3 Å². The minimum absolute atomic E-state index is 0.194. The summed E-state index contributed by atoms with van der Waals surface area (Å²) in [7, 11) is 0. The fourth-order valence-corrected chi connectivity index (χ4v) is 4.56. The number of urea groups is 1. The Hall–Kier alpha value is -4.64. The molecule has 2 aromatic heterocycles. The highest BCUT2D eigenvalue weighted by Crippen LogP contribution is 2.24. The van der Waals surface area contributed by atoms with Gasteiger partial charge in [0.05, 0.1) is 5.69 Å². The molecule has 5 rings (SSSR count). The van der Waals surface area contributed by atoms with E-state index in [-0.39, 0.29) is 17.4 Å². The van der Waals surface area contributed by atoms with Crippen molar-refractivity contribution >= 4 is 23.6 Å². The smallest absolute Gasteiger partial charge is 0.320 e. The lowest BCUT2D eigenvalue weighted by Crippen LogP contribution is -2.28. The molecule has 0 saturated carbocycles. The van der Waals surface area contributed by atoms with E-state index >= 15 is 0 Å². The Labute approximate surface area is 245 Å². The molecule has 2 aromatic carbocycles. The van der Waals surface area contributed by atoms with E-state index in [1.54, 1.807) is 24.3 Å². The number of nitrogens with one attached hydrogen (secondary N) is 4. The minimum Gasteiger partial charge on any atom is -0.492 e. The molecule has 4 N–H and O–H groups in total. The summed E-state index contributed by atoms with van der Waals surface area (Å²) in [4.78, 5) is 27.4. The van der Waals surface area contributed by atoms with E-state index in [0.29, 0.717) is 36.1 Å². The van der Waals surface area contributed by atoms with Crippen LogP contribution in [0, 0.1) is 0 Å². The molecule has 0 bridgehead atoms. The number of rotatable bonds is 10. The normalized spacial score (nSPS) is 13.6. The van der Waals surface area contributed by atoms with Crippen molar-refractivity contribution in [1.82, 2.24) is 25.6 Å². The summed E-state index contributed by atoms with van der Waals surface area (Å²) in [6.07, 6.45) is 2.52. The number of anilines is 2. The fourth-order valence-electron chi connectivity index (χ4n) is 4.56. The zero-order valence-corrected chi connectivity index (χ0v) is 24.2. The number of aromatic amines is 1. The number of amides is 3. The van der Waals surface area contributed by atoms with Gasteiger partial charge in [-0.2, -0.15) is 5.10 Å². The Morgan fingerprint density at radius 3 is 2.40 bits per heavy atom. The third-order valence-electron chi connectivity index (χ3n) is 7.02. The number of carbonyl (C=O) groups is 2. The summed E-state index contributed by atoms with van der Waals surface area (Å²) in [5, 5.41) is 19.4. The Morgan fingerprint density at radius 1 is 0.976 bits per heavy atom. The van der Waals surface area contributed by atoms with Crippen molar-refractivity contribution in [3.8, 4) is 17.0 Å². The first kappa shape index (κ1) is 28.9. The van der Waals surface area contributed by atoms with Gasteiger partial charge in [0.2, 0.25) is 0 Å². The second kappa shape index (κ2) is 12.9. The third kappa shape index (κ3) is 7.76. The van der Waals surface area contributed by atoms with Gasteiger partial charge < -0.3 is 19.9 Å². The maximum atomic E-state index is 12.7. The van der Waals surface area contributed by atoms with Crippen LogP contribution in [0.1, 0.15) is 55.3 Å². The average Bonchev–Trinajstić information content (AvgIpc) is 3.75. The van der Waals surface area contributed by atoms with Gasteiger partial charge in [-0.25, -0.2) is 4.79 Å². The van der Waals surface area contributed by atoms with Gasteiger partial charge in [0.25, 0.3) is 5.91 Å². The van der Waals surface area contributed by atoms with Crippen molar-refractivity contribution in [3.63, 3.8) is 0 Å². The van der Waals surface area contributed by atoms with E-state index in [4.69, 9.17) is 9.26 Å². The molecule has 4 aromatic rings. The molecule has 0 unspecified atom stereocenters. The van der Waals surface area contributed by atoms with Crippen LogP contribution in [-0.2, 0) is 12.0 Å². The van der Waals surface area contributed by atoms with Crippen molar-refractivity contribution in [2.24, 2.45) is 0 Å². The number of aromatic nitrogens is 3. The predicted molar refractivity (Wildman–Crippen MR) is 161 cm³/mol. The van der Waals surface area contributed by atoms with Crippen LogP contribution in [0.3, 0.4) is 0 Å². The van der Waals surface area contributed by atoms with Gasteiger partial charge in [0.1, 0.15) is 18.1 Å². The lowest BCUT2D eigenvalue weighted by atomic mass is 9.93. The molecule has 42 heavy (non-hydrogen) atoms. The second-order valence-corrected chi connectivity index (χ2v) is 11.4. The topological polar surface area (TPSA) is 137 Å². The van der Waals surface area contributed by atoms with E-state index < -0.39 is 0 Å². The maximum Gasteiger partial charge on any atom is 0.320 e. The molecular weight excluding hydrogens is 534 g/mol. The van der Waals surface area contributed by atoms with Gasteiger partial charge in [-0.1, -0.05) is 50.2 Å². The number of likely N-dealkylation sites (tertiary alicyclic amines) is 1. The molecule has 220 valence electrons. The first-order valence-electron chi connectivity index (χ1n) is 14.2. The standard InChI is InChI=1S/C31H37N7O4/c1-31(2,3)26-19-28(37-42-26)34-30(40)32-20-21-6-8-22(9-7-21)25-18-27(36-35-25)33-29(39)23-10-12-24(13-11-23)41-17-16-38-14-4-5-15-38/h6-13,18-19H,4-5,14-17,20H2,1-3H3,(H2,32,34,37,40)(H2,33,35,36,39). The molecule has 0 spiro atoms. The lowest BCUT2D eigenvalue weighted by Gasteiger charge is -2.14. The number of H-pyrrole nitrogens is 1. The lowest BCUT2D eigenvalue weighted by molar-refractivity contribution is 0.102. The Bertz CT molecular complexity index is 1480. The van der Waals surface area contributed by atoms with E-state index in [0.717, 1.165) is 42.2 Å². The van der Waals surface area contributed by atoms with Gasteiger partial charge in [0, 0.05) is 36.2 Å². The highest BCUT2D eigenvalue weighted by Gasteiger charge is 2.20. The molecule has 0 aliphatic carbocycles. The highest BCUT2D eigenvalue weighted by atomic mass is 16.5. The molecular formula is C31H37N7O4. The Kier molecular flexibility index (Phi) is 8.87.